The van der Waals surface area contributed by atoms with Crippen molar-refractivity contribution in [2.75, 3.05) is 19.6 Å². The van der Waals surface area contributed by atoms with Gasteiger partial charge in [0.05, 0.1) is 11.1 Å². The van der Waals surface area contributed by atoms with Crippen LogP contribution in [0.4, 0.5) is 0 Å². The minimum Gasteiger partial charge on any atom is -0.491 e. The quantitative estimate of drug-likeness (QED) is 0.411. The zero-order chi connectivity index (χ0) is 24.8. The summed E-state index contributed by atoms with van der Waals surface area (Å²) in [4.78, 5) is 34.5. The molecule has 0 saturated carbocycles. The van der Waals surface area contributed by atoms with Crippen molar-refractivity contribution in [1.82, 2.24) is 14.8 Å². The lowest BCUT2D eigenvalue weighted by atomic mass is 9.97. The zero-order valence-electron chi connectivity index (χ0n) is 20.6. The van der Waals surface area contributed by atoms with E-state index >= 15 is 0 Å². The molecule has 7 heteroatoms. The number of nitrogens with zero attached hydrogens (tertiary/aromatic N) is 3. The molecular formula is C28H33N3O3S. The number of benzene rings is 2. The lowest BCUT2D eigenvalue weighted by molar-refractivity contribution is 0.0712. The first kappa shape index (κ1) is 24.9. The van der Waals surface area contributed by atoms with Gasteiger partial charge in [-0.2, -0.15) is 0 Å². The highest BCUT2D eigenvalue weighted by molar-refractivity contribution is 7.09. The van der Waals surface area contributed by atoms with Gasteiger partial charge in [0.15, 0.2) is 0 Å². The molecule has 0 unspecified atom stereocenters. The van der Waals surface area contributed by atoms with E-state index in [-0.39, 0.29) is 23.8 Å². The van der Waals surface area contributed by atoms with E-state index in [2.05, 4.69) is 0 Å². The fourth-order valence-corrected chi connectivity index (χ4v) is 5.29. The van der Waals surface area contributed by atoms with Crippen molar-refractivity contribution in [3.8, 4) is 5.75 Å². The van der Waals surface area contributed by atoms with Crippen LogP contribution in [0.15, 0.2) is 60.0 Å². The number of hydrogen-bond acceptors (Lipinski definition) is 5. The normalized spacial score (nSPS) is 14.2. The van der Waals surface area contributed by atoms with E-state index in [1.807, 2.05) is 90.5 Å². The third kappa shape index (κ3) is 6.28. The van der Waals surface area contributed by atoms with Crippen LogP contribution in [0.3, 0.4) is 0 Å². The molecule has 6 nitrogen and oxygen atoms in total. The summed E-state index contributed by atoms with van der Waals surface area (Å²) in [5.41, 5.74) is 2.31. The molecule has 0 spiro atoms. The largest absolute Gasteiger partial charge is 0.491 e. The topological polar surface area (TPSA) is 62.7 Å². The SMILES string of the molecule is CCN(Cc1ccccc1)C(=O)c1csc(C2CCN(C(=O)c3ccc(OC(C)C)cc3)CC2)n1. The van der Waals surface area contributed by atoms with Crippen LogP contribution in [-0.2, 0) is 6.54 Å². The molecule has 1 aliphatic rings. The van der Waals surface area contributed by atoms with Gasteiger partial charge in [-0.15, -0.1) is 11.3 Å². The molecule has 0 bridgehead atoms. The molecule has 4 rings (SSSR count). The number of carbonyl (C=O) groups excluding carboxylic acids is 2. The van der Waals surface area contributed by atoms with Crippen LogP contribution in [0.25, 0.3) is 0 Å². The number of rotatable bonds is 8. The highest BCUT2D eigenvalue weighted by atomic mass is 32.1. The molecule has 0 radical (unpaired) electrons. The number of amides is 2. The van der Waals surface area contributed by atoms with Crippen LogP contribution in [0.2, 0.25) is 0 Å². The van der Waals surface area contributed by atoms with Crippen molar-refractivity contribution in [2.45, 2.75) is 52.2 Å². The lowest BCUT2D eigenvalue weighted by Gasteiger charge is -2.31. The van der Waals surface area contributed by atoms with Crippen molar-refractivity contribution < 1.29 is 14.3 Å². The Morgan fingerprint density at radius 2 is 1.77 bits per heavy atom. The van der Waals surface area contributed by atoms with E-state index in [0.29, 0.717) is 37.4 Å². The Bertz CT molecular complexity index is 1120. The summed E-state index contributed by atoms with van der Waals surface area (Å²) in [5, 5.41) is 2.87. The summed E-state index contributed by atoms with van der Waals surface area (Å²) < 4.78 is 5.67. The number of aromatic nitrogens is 1. The molecule has 1 aliphatic heterocycles. The number of piperidine rings is 1. The smallest absolute Gasteiger partial charge is 0.273 e. The predicted octanol–water partition coefficient (Wildman–Crippen LogP) is 5.61. The van der Waals surface area contributed by atoms with Gasteiger partial charge in [0.2, 0.25) is 0 Å². The Balaban J connectivity index is 1.33. The van der Waals surface area contributed by atoms with Crippen molar-refractivity contribution in [1.29, 1.82) is 0 Å². The number of likely N-dealkylation sites (tertiary alicyclic amines) is 1. The first-order valence-electron chi connectivity index (χ1n) is 12.3. The van der Waals surface area contributed by atoms with Crippen molar-refractivity contribution in [3.63, 3.8) is 0 Å². The van der Waals surface area contributed by atoms with Gasteiger partial charge in [-0.05, 0) is 63.4 Å². The van der Waals surface area contributed by atoms with Crippen LogP contribution in [0.1, 0.15) is 70.9 Å². The molecule has 1 fully saturated rings. The zero-order valence-corrected chi connectivity index (χ0v) is 21.5. The Kier molecular flexibility index (Phi) is 8.18. The predicted molar refractivity (Wildman–Crippen MR) is 139 cm³/mol. The Morgan fingerprint density at radius 3 is 2.40 bits per heavy atom. The molecule has 1 aromatic heterocycles. The minimum absolute atomic E-state index is 0.0311. The first-order valence-corrected chi connectivity index (χ1v) is 13.2. The second-order valence-corrected chi connectivity index (χ2v) is 10.0. The summed E-state index contributed by atoms with van der Waals surface area (Å²) in [7, 11) is 0. The van der Waals surface area contributed by atoms with Crippen molar-refractivity contribution in [2.24, 2.45) is 0 Å². The number of hydrogen-bond donors (Lipinski definition) is 0. The van der Waals surface area contributed by atoms with Gasteiger partial charge in [-0.1, -0.05) is 30.3 Å². The van der Waals surface area contributed by atoms with Gasteiger partial charge < -0.3 is 14.5 Å². The van der Waals surface area contributed by atoms with E-state index in [1.54, 1.807) is 11.3 Å². The highest BCUT2D eigenvalue weighted by Crippen LogP contribution is 2.31. The molecule has 35 heavy (non-hydrogen) atoms. The van der Waals surface area contributed by atoms with E-state index < -0.39 is 0 Å². The minimum atomic E-state index is -0.0311. The molecular weight excluding hydrogens is 458 g/mol. The van der Waals surface area contributed by atoms with E-state index in [4.69, 9.17) is 9.72 Å². The number of ether oxygens (including phenoxy) is 1. The number of thiazole rings is 1. The summed E-state index contributed by atoms with van der Waals surface area (Å²) in [6.45, 7) is 8.53. The maximum Gasteiger partial charge on any atom is 0.273 e. The molecule has 3 aromatic rings. The van der Waals surface area contributed by atoms with Crippen LogP contribution in [-0.4, -0.2) is 52.3 Å². The van der Waals surface area contributed by atoms with Gasteiger partial charge in [-0.25, -0.2) is 4.98 Å². The summed E-state index contributed by atoms with van der Waals surface area (Å²) in [5.74, 6) is 1.07. The summed E-state index contributed by atoms with van der Waals surface area (Å²) >= 11 is 1.55. The fourth-order valence-electron chi connectivity index (χ4n) is 4.33. The Morgan fingerprint density at radius 1 is 1.09 bits per heavy atom. The molecule has 2 aromatic carbocycles. The molecule has 0 aliphatic carbocycles. The summed E-state index contributed by atoms with van der Waals surface area (Å²) in [6.07, 6.45) is 1.80. The third-order valence-electron chi connectivity index (χ3n) is 6.23. The lowest BCUT2D eigenvalue weighted by Crippen LogP contribution is -2.38. The van der Waals surface area contributed by atoms with E-state index in [9.17, 15) is 9.59 Å². The van der Waals surface area contributed by atoms with Crippen molar-refractivity contribution in [3.05, 3.63) is 81.8 Å². The molecule has 184 valence electrons. The first-order chi connectivity index (χ1) is 16.9. The average Bonchev–Trinajstić information content (AvgIpc) is 3.38. The van der Waals surface area contributed by atoms with Gasteiger partial charge in [0.25, 0.3) is 11.8 Å². The standard InChI is InChI=1S/C28H33N3O3S/c1-4-30(18-21-8-6-5-7-9-21)28(33)25-19-35-26(29-25)22-14-16-31(17-15-22)27(32)23-10-12-24(13-11-23)34-20(2)3/h5-13,19-20,22H,4,14-18H2,1-3H3. The Hall–Kier alpha value is -3.19. The van der Waals surface area contributed by atoms with Crippen LogP contribution in [0.5, 0.6) is 5.75 Å². The van der Waals surface area contributed by atoms with E-state index in [0.717, 1.165) is 29.2 Å². The van der Waals surface area contributed by atoms with Gasteiger partial charge in [0, 0.05) is 43.0 Å². The van der Waals surface area contributed by atoms with E-state index in [1.165, 1.54) is 0 Å². The maximum atomic E-state index is 13.1. The third-order valence-corrected chi connectivity index (χ3v) is 7.24. The number of carbonyl (C=O) groups is 2. The maximum absolute atomic E-state index is 13.1. The van der Waals surface area contributed by atoms with Gasteiger partial charge in [0.1, 0.15) is 11.4 Å². The second kappa shape index (κ2) is 11.5. The molecule has 0 N–H and O–H groups in total. The fraction of sp³-hybridized carbons (Fsp3) is 0.393. The summed E-state index contributed by atoms with van der Waals surface area (Å²) in [6, 6.07) is 17.4. The van der Waals surface area contributed by atoms with Crippen LogP contribution >= 0.6 is 11.3 Å². The van der Waals surface area contributed by atoms with Crippen LogP contribution < -0.4 is 4.74 Å². The van der Waals surface area contributed by atoms with Gasteiger partial charge in [-0.3, -0.25) is 9.59 Å². The molecule has 2 heterocycles. The van der Waals surface area contributed by atoms with Gasteiger partial charge >= 0.3 is 0 Å². The van der Waals surface area contributed by atoms with Crippen LogP contribution in [0, 0.1) is 0 Å². The Labute approximate surface area is 211 Å². The van der Waals surface area contributed by atoms with Crippen molar-refractivity contribution >= 4 is 23.2 Å². The molecule has 2 amide bonds. The highest BCUT2D eigenvalue weighted by Gasteiger charge is 2.27. The average molecular weight is 492 g/mol. The molecule has 1 saturated heterocycles. The monoisotopic (exact) mass is 491 g/mol. The molecule has 0 atom stereocenters. The second-order valence-electron chi connectivity index (χ2n) is 9.13.